The maximum atomic E-state index is 9.83. The Balaban J connectivity index is 2.33. The van der Waals surface area contributed by atoms with Crippen LogP contribution in [-0.4, -0.2) is 19.7 Å². The van der Waals surface area contributed by atoms with Crippen LogP contribution in [0.15, 0.2) is 10.9 Å². The molecule has 1 unspecified atom stereocenters. The summed E-state index contributed by atoms with van der Waals surface area (Å²) in [6, 6.07) is 0. The van der Waals surface area contributed by atoms with Gasteiger partial charge in [0.2, 0.25) is 0 Å². The monoisotopic (exact) mass is 213 g/mol. The Labute approximate surface area is 83.1 Å². The van der Waals surface area contributed by atoms with E-state index in [1.807, 2.05) is 12.3 Å². The molecule has 4 nitrogen and oxygen atoms in total. The van der Waals surface area contributed by atoms with E-state index in [9.17, 15) is 5.11 Å². The van der Waals surface area contributed by atoms with E-state index in [4.69, 9.17) is 0 Å². The Morgan fingerprint density at radius 1 is 1.54 bits per heavy atom. The third-order valence-electron chi connectivity index (χ3n) is 1.67. The van der Waals surface area contributed by atoms with Gasteiger partial charge in [-0.1, -0.05) is 4.49 Å². The molecule has 68 valence electrons. The maximum Gasteiger partial charge on any atom is 0.134 e. The van der Waals surface area contributed by atoms with Crippen molar-refractivity contribution >= 4 is 22.9 Å². The predicted molar refractivity (Wildman–Crippen MR) is 50.8 cm³/mol. The van der Waals surface area contributed by atoms with E-state index in [0.717, 1.165) is 10.6 Å². The van der Waals surface area contributed by atoms with Crippen LogP contribution in [0.1, 0.15) is 22.4 Å². The minimum absolute atomic E-state index is 0.666. The van der Waals surface area contributed by atoms with Crippen LogP contribution in [-0.2, 0) is 0 Å². The molecule has 0 fully saturated rings. The molecule has 0 aromatic carbocycles. The van der Waals surface area contributed by atoms with Crippen LogP contribution in [0.5, 0.6) is 0 Å². The minimum atomic E-state index is -0.675. The van der Waals surface area contributed by atoms with Crippen LogP contribution in [0.2, 0.25) is 0 Å². The second-order valence-electron chi connectivity index (χ2n) is 2.54. The third-order valence-corrected chi connectivity index (χ3v) is 3.15. The topological polar surface area (TPSA) is 58.9 Å². The molecular weight excluding hydrogens is 206 g/mol. The van der Waals surface area contributed by atoms with Crippen LogP contribution in [0.25, 0.3) is 0 Å². The first-order valence-electron chi connectivity index (χ1n) is 3.64. The Kier molecular flexibility index (Phi) is 2.34. The number of aliphatic hydroxyl groups excluding tert-OH is 1. The van der Waals surface area contributed by atoms with Gasteiger partial charge in [0.25, 0.3) is 0 Å². The lowest BCUT2D eigenvalue weighted by atomic mass is 10.2. The number of hydrogen-bond acceptors (Lipinski definition) is 6. The fraction of sp³-hybridized carbons (Fsp3) is 0.286. The maximum absolute atomic E-state index is 9.83. The van der Waals surface area contributed by atoms with E-state index >= 15 is 0 Å². The standard InChI is InChI=1S/C7H7N3OS2/c1-4-7(13-10-9-4)6(11)5-2-12-3-8-5/h2-3,6,11H,1H3. The molecule has 2 heterocycles. The molecule has 0 aliphatic heterocycles. The summed E-state index contributed by atoms with van der Waals surface area (Å²) in [5.74, 6) is 0. The van der Waals surface area contributed by atoms with Crippen LogP contribution in [0, 0.1) is 6.92 Å². The first kappa shape index (κ1) is 8.74. The summed E-state index contributed by atoms with van der Waals surface area (Å²) in [7, 11) is 0. The van der Waals surface area contributed by atoms with Crippen molar-refractivity contribution in [2.45, 2.75) is 13.0 Å². The van der Waals surface area contributed by atoms with Crippen molar-refractivity contribution in [2.24, 2.45) is 0 Å². The van der Waals surface area contributed by atoms with Gasteiger partial charge < -0.3 is 5.11 Å². The summed E-state index contributed by atoms with van der Waals surface area (Å²) < 4.78 is 3.76. The molecule has 0 radical (unpaired) electrons. The highest BCUT2D eigenvalue weighted by atomic mass is 32.1. The molecule has 1 atom stereocenters. The summed E-state index contributed by atoms with van der Waals surface area (Å²) in [4.78, 5) is 4.80. The lowest BCUT2D eigenvalue weighted by Crippen LogP contribution is -1.98. The van der Waals surface area contributed by atoms with Crippen LogP contribution < -0.4 is 0 Å². The summed E-state index contributed by atoms with van der Waals surface area (Å²) in [6.07, 6.45) is -0.675. The van der Waals surface area contributed by atoms with Gasteiger partial charge in [0.1, 0.15) is 6.10 Å². The van der Waals surface area contributed by atoms with Gasteiger partial charge in [-0.15, -0.1) is 16.4 Å². The van der Waals surface area contributed by atoms with Crippen molar-refractivity contribution in [3.63, 3.8) is 0 Å². The van der Waals surface area contributed by atoms with Crippen LogP contribution in [0.3, 0.4) is 0 Å². The largest absolute Gasteiger partial charge is 0.381 e. The zero-order chi connectivity index (χ0) is 9.26. The third kappa shape index (κ3) is 1.60. The molecule has 0 spiro atoms. The van der Waals surface area contributed by atoms with Gasteiger partial charge in [0, 0.05) is 5.38 Å². The molecule has 0 saturated heterocycles. The zero-order valence-electron chi connectivity index (χ0n) is 6.84. The highest BCUT2D eigenvalue weighted by molar-refractivity contribution is 7.07. The predicted octanol–water partition coefficient (Wildman–Crippen LogP) is 1.38. The van der Waals surface area contributed by atoms with Gasteiger partial charge >= 0.3 is 0 Å². The van der Waals surface area contributed by atoms with Crippen molar-refractivity contribution in [1.29, 1.82) is 0 Å². The van der Waals surface area contributed by atoms with E-state index in [1.54, 1.807) is 5.51 Å². The van der Waals surface area contributed by atoms with Gasteiger partial charge in [-0.25, -0.2) is 4.98 Å². The van der Waals surface area contributed by atoms with E-state index in [2.05, 4.69) is 14.6 Å². The van der Waals surface area contributed by atoms with Gasteiger partial charge in [0.15, 0.2) is 0 Å². The van der Waals surface area contributed by atoms with Crippen molar-refractivity contribution in [3.05, 3.63) is 27.2 Å². The number of rotatable bonds is 2. The Morgan fingerprint density at radius 2 is 2.38 bits per heavy atom. The van der Waals surface area contributed by atoms with Crippen molar-refractivity contribution in [1.82, 2.24) is 14.6 Å². The SMILES string of the molecule is Cc1nnsc1C(O)c1cscn1. The van der Waals surface area contributed by atoms with Crippen molar-refractivity contribution in [2.75, 3.05) is 0 Å². The number of aryl methyl sites for hydroxylation is 1. The van der Waals surface area contributed by atoms with E-state index in [0.29, 0.717) is 5.69 Å². The number of aliphatic hydroxyl groups is 1. The summed E-state index contributed by atoms with van der Waals surface area (Å²) >= 11 is 2.67. The number of nitrogens with zero attached hydrogens (tertiary/aromatic N) is 3. The Morgan fingerprint density at radius 3 is 2.92 bits per heavy atom. The first-order chi connectivity index (χ1) is 6.29. The number of hydrogen-bond donors (Lipinski definition) is 1. The molecule has 0 aliphatic rings. The molecule has 2 aromatic rings. The fourth-order valence-electron chi connectivity index (χ4n) is 0.980. The Bertz CT molecular complexity index is 384. The summed E-state index contributed by atoms with van der Waals surface area (Å²) in [5.41, 5.74) is 3.13. The fourth-order valence-corrected chi connectivity index (χ4v) is 2.20. The summed E-state index contributed by atoms with van der Waals surface area (Å²) in [6.45, 7) is 1.83. The highest BCUT2D eigenvalue weighted by Crippen LogP contribution is 2.25. The number of aromatic nitrogens is 3. The lowest BCUT2D eigenvalue weighted by Gasteiger charge is -2.03. The average Bonchev–Trinajstić information content (AvgIpc) is 2.72. The second kappa shape index (κ2) is 3.49. The zero-order valence-corrected chi connectivity index (χ0v) is 8.47. The minimum Gasteiger partial charge on any atom is -0.381 e. The smallest absolute Gasteiger partial charge is 0.134 e. The van der Waals surface area contributed by atoms with E-state index in [1.165, 1.54) is 22.9 Å². The molecular formula is C7H7N3OS2. The van der Waals surface area contributed by atoms with Gasteiger partial charge in [-0.2, -0.15) is 0 Å². The average molecular weight is 213 g/mol. The molecule has 0 amide bonds. The number of thiazole rings is 1. The molecule has 0 bridgehead atoms. The van der Waals surface area contributed by atoms with E-state index < -0.39 is 6.10 Å². The quantitative estimate of drug-likeness (QED) is 0.819. The Hall–Kier alpha value is -0.850. The lowest BCUT2D eigenvalue weighted by molar-refractivity contribution is 0.219. The van der Waals surface area contributed by atoms with Crippen molar-refractivity contribution in [3.8, 4) is 0 Å². The van der Waals surface area contributed by atoms with Gasteiger partial charge in [-0.05, 0) is 18.5 Å². The van der Waals surface area contributed by atoms with Crippen LogP contribution in [0.4, 0.5) is 0 Å². The van der Waals surface area contributed by atoms with Crippen molar-refractivity contribution < 1.29 is 5.11 Å². The molecule has 2 aromatic heterocycles. The molecule has 0 aliphatic carbocycles. The normalized spacial score (nSPS) is 13.1. The molecule has 6 heteroatoms. The van der Waals surface area contributed by atoms with Gasteiger partial charge in [0.05, 0.1) is 21.8 Å². The molecule has 13 heavy (non-hydrogen) atoms. The first-order valence-corrected chi connectivity index (χ1v) is 5.35. The van der Waals surface area contributed by atoms with Gasteiger partial charge in [-0.3, -0.25) is 0 Å². The second-order valence-corrected chi connectivity index (χ2v) is 4.04. The molecule has 0 saturated carbocycles. The highest BCUT2D eigenvalue weighted by Gasteiger charge is 2.17. The summed E-state index contributed by atoms with van der Waals surface area (Å²) in [5, 5.41) is 15.5. The molecule has 2 rings (SSSR count). The van der Waals surface area contributed by atoms with Crippen LogP contribution >= 0.6 is 22.9 Å². The molecule has 1 N–H and O–H groups in total. The van der Waals surface area contributed by atoms with E-state index in [-0.39, 0.29) is 0 Å².